The smallest absolute Gasteiger partial charge is 0.292 e. The van der Waals surface area contributed by atoms with Gasteiger partial charge < -0.3 is 11.1 Å². The molecule has 11 heteroatoms. The number of amides is 1. The van der Waals surface area contributed by atoms with Crippen LogP contribution in [0.3, 0.4) is 0 Å². The van der Waals surface area contributed by atoms with Gasteiger partial charge in [-0.25, -0.2) is 19.6 Å². The van der Waals surface area contributed by atoms with Crippen molar-refractivity contribution >= 4 is 39.2 Å². The summed E-state index contributed by atoms with van der Waals surface area (Å²) in [5.74, 6) is 0.775. The Bertz CT molecular complexity index is 1800. The molecule has 1 saturated carbocycles. The minimum absolute atomic E-state index is 0.0672. The van der Waals surface area contributed by atoms with Gasteiger partial charge in [0.2, 0.25) is 5.91 Å². The second-order valence-electron chi connectivity index (χ2n) is 9.60. The number of fused-ring (bicyclic) bond motifs is 2. The van der Waals surface area contributed by atoms with Gasteiger partial charge in [-0.2, -0.15) is 10.2 Å². The summed E-state index contributed by atoms with van der Waals surface area (Å²) in [6.07, 6.45) is 7.80. The van der Waals surface area contributed by atoms with E-state index < -0.39 is 0 Å². The summed E-state index contributed by atoms with van der Waals surface area (Å²) >= 11 is 0. The van der Waals surface area contributed by atoms with E-state index in [1.807, 2.05) is 39.4 Å². The number of nitrogens with one attached hydrogen (secondary N) is 1. The zero-order chi connectivity index (χ0) is 26.0. The zero-order valence-electron chi connectivity index (χ0n) is 20.9. The molecule has 1 aliphatic carbocycles. The molecule has 37 heavy (non-hydrogen) atoms. The Morgan fingerprint density at radius 2 is 1.89 bits per heavy atom. The number of hydrogen-bond acceptors (Lipinski definition) is 8. The fourth-order valence-corrected chi connectivity index (χ4v) is 4.99. The summed E-state index contributed by atoms with van der Waals surface area (Å²) in [6, 6.07) is 3.70. The van der Waals surface area contributed by atoms with Crippen molar-refractivity contribution in [2.24, 2.45) is 20.0 Å². The minimum atomic E-state index is -0.255. The third-order valence-corrected chi connectivity index (χ3v) is 7.06. The van der Waals surface area contributed by atoms with Gasteiger partial charge in [0.15, 0.2) is 0 Å². The standard InChI is InChI=1S/C26H25N9O2/c1-12-18-10-30-35(4)26(37)23(18)31-13(2)22(12)20-5-14-6-21(28-9-19(14)24(27)32-20)33-25(36)17-7-16(17)15-8-29-34(3)11-15/h5-6,8-11,16-17H,7H2,1-4H3,(H2,27,32)(H,28,33,36). The highest BCUT2D eigenvalue weighted by Gasteiger charge is 2.44. The number of nitrogen functional groups attached to an aromatic ring is 1. The van der Waals surface area contributed by atoms with Crippen LogP contribution in [0, 0.1) is 19.8 Å². The van der Waals surface area contributed by atoms with E-state index in [4.69, 9.17) is 5.73 Å². The number of aryl methyl sites for hydroxylation is 4. The van der Waals surface area contributed by atoms with Crippen LogP contribution in [-0.2, 0) is 18.9 Å². The summed E-state index contributed by atoms with van der Waals surface area (Å²) < 4.78 is 3.01. The van der Waals surface area contributed by atoms with Gasteiger partial charge in [-0.05, 0) is 54.8 Å². The number of aromatic nitrogens is 7. The van der Waals surface area contributed by atoms with Gasteiger partial charge in [-0.3, -0.25) is 14.3 Å². The molecule has 1 aliphatic rings. The SMILES string of the molecule is Cc1nc2c(=O)n(C)ncc2c(C)c1-c1cc2cc(NC(=O)C3CC3c3cnn(C)c3)ncc2c(N)n1. The average molecular weight is 496 g/mol. The fourth-order valence-electron chi connectivity index (χ4n) is 4.99. The van der Waals surface area contributed by atoms with Crippen LogP contribution < -0.4 is 16.6 Å². The first kappa shape index (κ1) is 22.8. The molecule has 5 aromatic heterocycles. The second kappa shape index (κ2) is 8.19. The molecular formula is C26H25N9O2. The topological polar surface area (TPSA) is 146 Å². The minimum Gasteiger partial charge on any atom is -0.383 e. The van der Waals surface area contributed by atoms with E-state index in [-0.39, 0.29) is 23.3 Å². The predicted molar refractivity (Wildman–Crippen MR) is 140 cm³/mol. The van der Waals surface area contributed by atoms with Crippen LogP contribution in [0.5, 0.6) is 0 Å². The van der Waals surface area contributed by atoms with Gasteiger partial charge in [-0.1, -0.05) is 0 Å². The lowest BCUT2D eigenvalue weighted by atomic mass is 9.99. The van der Waals surface area contributed by atoms with E-state index in [1.54, 1.807) is 30.2 Å². The van der Waals surface area contributed by atoms with Crippen LogP contribution in [0.25, 0.3) is 32.9 Å². The average Bonchev–Trinajstić information content (AvgIpc) is 3.55. The highest BCUT2D eigenvalue weighted by molar-refractivity contribution is 5.99. The molecule has 186 valence electrons. The van der Waals surface area contributed by atoms with Gasteiger partial charge in [-0.15, -0.1) is 0 Å². The maximum Gasteiger partial charge on any atom is 0.292 e. The molecule has 5 aromatic rings. The summed E-state index contributed by atoms with van der Waals surface area (Å²) in [6.45, 7) is 3.76. The summed E-state index contributed by atoms with van der Waals surface area (Å²) in [5.41, 5.74) is 10.4. The van der Waals surface area contributed by atoms with E-state index in [0.717, 1.165) is 28.5 Å². The number of carbonyl (C=O) groups is 1. The highest BCUT2D eigenvalue weighted by Crippen LogP contribution is 2.47. The third-order valence-electron chi connectivity index (χ3n) is 7.06. The molecule has 0 radical (unpaired) electrons. The van der Waals surface area contributed by atoms with Crippen molar-refractivity contribution in [3.63, 3.8) is 0 Å². The number of carbonyl (C=O) groups excluding carboxylic acids is 1. The van der Waals surface area contributed by atoms with E-state index >= 15 is 0 Å². The molecule has 2 unspecified atom stereocenters. The molecule has 6 rings (SSSR count). The predicted octanol–water partition coefficient (Wildman–Crippen LogP) is 2.61. The van der Waals surface area contributed by atoms with Gasteiger partial charge in [0, 0.05) is 54.4 Å². The second-order valence-corrected chi connectivity index (χ2v) is 9.60. The lowest BCUT2D eigenvalue weighted by Crippen LogP contribution is -2.20. The number of anilines is 2. The first-order valence-corrected chi connectivity index (χ1v) is 11.9. The maximum absolute atomic E-state index is 12.9. The molecule has 0 saturated heterocycles. The molecule has 1 fully saturated rings. The van der Waals surface area contributed by atoms with Crippen molar-refractivity contribution in [2.75, 3.05) is 11.1 Å². The van der Waals surface area contributed by atoms with E-state index in [2.05, 4.69) is 30.5 Å². The molecule has 0 aromatic carbocycles. The van der Waals surface area contributed by atoms with Crippen molar-refractivity contribution in [1.29, 1.82) is 0 Å². The van der Waals surface area contributed by atoms with E-state index in [9.17, 15) is 9.59 Å². The molecule has 0 aliphatic heterocycles. The van der Waals surface area contributed by atoms with Crippen LogP contribution in [0.15, 0.2) is 41.7 Å². The summed E-state index contributed by atoms with van der Waals surface area (Å²) in [7, 11) is 3.46. The van der Waals surface area contributed by atoms with Crippen molar-refractivity contribution in [1.82, 2.24) is 34.5 Å². The van der Waals surface area contributed by atoms with E-state index in [1.165, 1.54) is 4.68 Å². The summed E-state index contributed by atoms with van der Waals surface area (Å²) in [4.78, 5) is 39.0. The maximum atomic E-state index is 12.9. The van der Waals surface area contributed by atoms with Crippen molar-refractivity contribution in [3.8, 4) is 11.3 Å². The van der Waals surface area contributed by atoms with Gasteiger partial charge in [0.25, 0.3) is 5.56 Å². The zero-order valence-corrected chi connectivity index (χ0v) is 20.9. The molecular weight excluding hydrogens is 470 g/mol. The Labute approximate surface area is 211 Å². The van der Waals surface area contributed by atoms with Crippen LogP contribution in [0.1, 0.15) is 29.2 Å². The Morgan fingerprint density at radius 3 is 2.65 bits per heavy atom. The first-order valence-electron chi connectivity index (χ1n) is 11.9. The molecule has 3 N–H and O–H groups in total. The van der Waals surface area contributed by atoms with Gasteiger partial charge in [0.05, 0.1) is 18.1 Å². The monoisotopic (exact) mass is 495 g/mol. The number of rotatable bonds is 4. The quantitative estimate of drug-likeness (QED) is 0.387. The van der Waals surface area contributed by atoms with Crippen molar-refractivity contribution < 1.29 is 4.79 Å². The lowest BCUT2D eigenvalue weighted by molar-refractivity contribution is -0.117. The molecule has 0 spiro atoms. The number of pyridine rings is 3. The Balaban J connectivity index is 1.35. The van der Waals surface area contributed by atoms with Crippen LogP contribution in [-0.4, -0.2) is 40.4 Å². The lowest BCUT2D eigenvalue weighted by Gasteiger charge is -2.14. The molecule has 2 atom stereocenters. The molecule has 1 amide bonds. The number of nitrogens with zero attached hydrogens (tertiary/aromatic N) is 7. The Hall–Kier alpha value is -4.67. The summed E-state index contributed by atoms with van der Waals surface area (Å²) in [5, 5.41) is 13.4. The van der Waals surface area contributed by atoms with Crippen molar-refractivity contribution in [2.45, 2.75) is 26.2 Å². The number of nitrogens with two attached hydrogens (primary N) is 1. The highest BCUT2D eigenvalue weighted by atomic mass is 16.2. The van der Waals surface area contributed by atoms with Crippen LogP contribution >= 0.6 is 0 Å². The Kier molecular flexibility index (Phi) is 5.04. The third kappa shape index (κ3) is 3.79. The largest absolute Gasteiger partial charge is 0.383 e. The first-order chi connectivity index (χ1) is 17.7. The Morgan fingerprint density at radius 1 is 1.08 bits per heavy atom. The molecule has 5 heterocycles. The van der Waals surface area contributed by atoms with Gasteiger partial charge >= 0.3 is 0 Å². The fraction of sp³-hybridized carbons (Fsp3) is 0.269. The van der Waals surface area contributed by atoms with Crippen LogP contribution in [0.4, 0.5) is 11.6 Å². The number of hydrogen-bond donors (Lipinski definition) is 2. The molecule has 0 bridgehead atoms. The van der Waals surface area contributed by atoms with Crippen molar-refractivity contribution in [3.05, 3.63) is 64.1 Å². The van der Waals surface area contributed by atoms with E-state index in [0.29, 0.717) is 39.3 Å². The normalized spacial score (nSPS) is 16.9. The van der Waals surface area contributed by atoms with Gasteiger partial charge in [0.1, 0.15) is 17.2 Å². The molecule has 11 nitrogen and oxygen atoms in total. The van der Waals surface area contributed by atoms with Crippen LogP contribution in [0.2, 0.25) is 0 Å².